The van der Waals surface area contributed by atoms with Crippen LogP contribution in [0.3, 0.4) is 0 Å². The lowest BCUT2D eigenvalue weighted by atomic mass is 9.94. The Balaban J connectivity index is 1.99. The van der Waals surface area contributed by atoms with E-state index in [9.17, 15) is 14.3 Å². The third-order valence-electron chi connectivity index (χ3n) is 3.38. The monoisotopic (exact) mass is 276 g/mol. The highest BCUT2D eigenvalue weighted by molar-refractivity contribution is 5.70. The summed E-state index contributed by atoms with van der Waals surface area (Å²) in [7, 11) is 1.89. The Morgan fingerprint density at radius 1 is 1.40 bits per heavy atom. The standard InChI is InChI=1S/C15H17FN2O2/c1-18-9-8-17-14(18)7-4-12(15(19)20)10-11-2-5-13(16)6-3-11/h2-3,5-6,8-9,12H,4,7,10H2,1H3,(H,19,20). The molecule has 5 heteroatoms. The van der Waals surface area contributed by atoms with E-state index in [4.69, 9.17) is 0 Å². The normalized spacial score (nSPS) is 12.3. The smallest absolute Gasteiger partial charge is 0.306 e. The van der Waals surface area contributed by atoms with Crippen LogP contribution in [0.15, 0.2) is 36.7 Å². The molecule has 0 spiro atoms. The molecule has 1 atom stereocenters. The minimum atomic E-state index is -0.830. The Morgan fingerprint density at radius 2 is 2.10 bits per heavy atom. The van der Waals surface area contributed by atoms with Crippen LogP contribution >= 0.6 is 0 Å². The molecule has 2 aromatic rings. The molecule has 0 aliphatic heterocycles. The predicted octanol–water partition coefficient (Wildman–Crippen LogP) is 2.44. The molecule has 0 radical (unpaired) electrons. The summed E-state index contributed by atoms with van der Waals surface area (Å²) in [6, 6.07) is 5.97. The van der Waals surface area contributed by atoms with Crippen LogP contribution in [0.2, 0.25) is 0 Å². The summed E-state index contributed by atoms with van der Waals surface area (Å²) in [4.78, 5) is 15.5. The first-order chi connectivity index (χ1) is 9.56. The quantitative estimate of drug-likeness (QED) is 0.881. The highest BCUT2D eigenvalue weighted by atomic mass is 19.1. The van der Waals surface area contributed by atoms with Crippen LogP contribution in [0.25, 0.3) is 0 Å². The number of aryl methyl sites for hydroxylation is 2. The van der Waals surface area contributed by atoms with Crippen molar-refractivity contribution in [3.05, 3.63) is 53.9 Å². The van der Waals surface area contributed by atoms with Crippen LogP contribution in [0.4, 0.5) is 4.39 Å². The molecule has 1 N–H and O–H groups in total. The molecule has 0 aliphatic carbocycles. The molecule has 1 aromatic heterocycles. The van der Waals surface area contributed by atoms with E-state index in [1.165, 1.54) is 12.1 Å². The summed E-state index contributed by atoms with van der Waals surface area (Å²) >= 11 is 0. The minimum Gasteiger partial charge on any atom is -0.481 e. The van der Waals surface area contributed by atoms with Crippen molar-refractivity contribution >= 4 is 5.97 Å². The molecule has 106 valence electrons. The van der Waals surface area contributed by atoms with Crippen LogP contribution in [0, 0.1) is 11.7 Å². The largest absolute Gasteiger partial charge is 0.481 e. The number of aliphatic carboxylic acids is 1. The summed E-state index contributed by atoms with van der Waals surface area (Å²) in [6.07, 6.45) is 5.06. The summed E-state index contributed by atoms with van der Waals surface area (Å²) < 4.78 is 14.7. The zero-order chi connectivity index (χ0) is 14.5. The van der Waals surface area contributed by atoms with Gasteiger partial charge in [0, 0.05) is 25.9 Å². The predicted molar refractivity (Wildman–Crippen MR) is 72.8 cm³/mol. The Labute approximate surface area is 116 Å². The van der Waals surface area contributed by atoms with E-state index < -0.39 is 11.9 Å². The summed E-state index contributed by atoms with van der Waals surface area (Å²) in [5.41, 5.74) is 0.832. The third kappa shape index (κ3) is 3.66. The number of hydrogen-bond donors (Lipinski definition) is 1. The van der Waals surface area contributed by atoms with Gasteiger partial charge in [0.05, 0.1) is 5.92 Å². The first-order valence-corrected chi connectivity index (χ1v) is 6.49. The fraction of sp³-hybridized carbons (Fsp3) is 0.333. The zero-order valence-corrected chi connectivity index (χ0v) is 11.3. The molecule has 0 amide bonds. The van der Waals surface area contributed by atoms with Gasteiger partial charge in [0.25, 0.3) is 0 Å². The van der Waals surface area contributed by atoms with Gasteiger partial charge in [0.1, 0.15) is 11.6 Å². The van der Waals surface area contributed by atoms with Crippen LogP contribution in [0.1, 0.15) is 17.8 Å². The van der Waals surface area contributed by atoms with E-state index in [1.807, 2.05) is 17.8 Å². The Morgan fingerprint density at radius 3 is 2.65 bits per heavy atom. The van der Waals surface area contributed by atoms with E-state index in [1.54, 1.807) is 18.3 Å². The van der Waals surface area contributed by atoms with Gasteiger partial charge in [-0.1, -0.05) is 12.1 Å². The first-order valence-electron chi connectivity index (χ1n) is 6.49. The van der Waals surface area contributed by atoms with Crippen LogP contribution in [-0.2, 0) is 24.7 Å². The molecule has 1 aromatic carbocycles. The number of halogens is 1. The van der Waals surface area contributed by atoms with E-state index in [-0.39, 0.29) is 5.82 Å². The maximum absolute atomic E-state index is 12.8. The maximum atomic E-state index is 12.8. The van der Waals surface area contributed by atoms with Gasteiger partial charge >= 0.3 is 5.97 Å². The molecule has 0 bridgehead atoms. The molecule has 0 saturated carbocycles. The van der Waals surface area contributed by atoms with Gasteiger partial charge in [-0.3, -0.25) is 4.79 Å². The number of nitrogens with zero attached hydrogens (tertiary/aromatic N) is 2. The van der Waals surface area contributed by atoms with Crippen molar-refractivity contribution in [1.82, 2.24) is 9.55 Å². The van der Waals surface area contributed by atoms with Crippen molar-refractivity contribution < 1.29 is 14.3 Å². The number of imidazole rings is 1. The zero-order valence-electron chi connectivity index (χ0n) is 11.3. The van der Waals surface area contributed by atoms with Crippen molar-refractivity contribution in [2.75, 3.05) is 0 Å². The van der Waals surface area contributed by atoms with Gasteiger partial charge in [0.15, 0.2) is 0 Å². The van der Waals surface area contributed by atoms with Gasteiger partial charge in [-0.2, -0.15) is 0 Å². The number of carbonyl (C=O) groups is 1. The Hall–Kier alpha value is -2.17. The van der Waals surface area contributed by atoms with Crippen molar-refractivity contribution in [3.63, 3.8) is 0 Å². The Kier molecular flexibility index (Phi) is 4.50. The Bertz CT molecular complexity index is 578. The van der Waals surface area contributed by atoms with Crippen molar-refractivity contribution in [3.8, 4) is 0 Å². The fourth-order valence-corrected chi connectivity index (χ4v) is 2.16. The molecule has 20 heavy (non-hydrogen) atoms. The molecule has 4 nitrogen and oxygen atoms in total. The van der Waals surface area contributed by atoms with E-state index in [2.05, 4.69) is 4.98 Å². The fourth-order valence-electron chi connectivity index (χ4n) is 2.16. The SMILES string of the molecule is Cn1ccnc1CCC(Cc1ccc(F)cc1)C(=O)O. The average Bonchev–Trinajstić information content (AvgIpc) is 2.82. The van der Waals surface area contributed by atoms with Crippen LogP contribution in [0.5, 0.6) is 0 Å². The highest BCUT2D eigenvalue weighted by Crippen LogP contribution is 2.16. The number of hydrogen-bond acceptors (Lipinski definition) is 2. The molecule has 0 aliphatic rings. The highest BCUT2D eigenvalue weighted by Gasteiger charge is 2.18. The number of benzene rings is 1. The molecular formula is C15H17FN2O2. The second-order valence-electron chi connectivity index (χ2n) is 4.86. The van der Waals surface area contributed by atoms with Gasteiger partial charge in [-0.15, -0.1) is 0 Å². The summed E-state index contributed by atoms with van der Waals surface area (Å²) in [5, 5.41) is 9.29. The number of carboxylic acid groups (broad SMARTS) is 1. The van der Waals surface area contributed by atoms with Crippen LogP contribution in [-0.4, -0.2) is 20.6 Å². The third-order valence-corrected chi connectivity index (χ3v) is 3.38. The molecule has 0 fully saturated rings. The minimum absolute atomic E-state index is 0.311. The summed E-state index contributed by atoms with van der Waals surface area (Å²) in [6.45, 7) is 0. The van der Waals surface area contributed by atoms with Crippen molar-refractivity contribution in [2.45, 2.75) is 19.3 Å². The maximum Gasteiger partial charge on any atom is 0.306 e. The van der Waals surface area contributed by atoms with Crippen LogP contribution < -0.4 is 0 Å². The van der Waals surface area contributed by atoms with Gasteiger partial charge in [-0.05, 0) is 30.5 Å². The first kappa shape index (κ1) is 14.2. The summed E-state index contributed by atoms with van der Waals surface area (Å²) in [5.74, 6) is -0.760. The van der Waals surface area contributed by atoms with Crippen molar-refractivity contribution in [2.24, 2.45) is 13.0 Å². The topological polar surface area (TPSA) is 55.1 Å². The number of aromatic nitrogens is 2. The molecule has 2 rings (SSSR count). The average molecular weight is 276 g/mol. The molecule has 0 saturated heterocycles. The number of rotatable bonds is 6. The molecular weight excluding hydrogens is 259 g/mol. The van der Waals surface area contributed by atoms with Crippen molar-refractivity contribution in [1.29, 1.82) is 0 Å². The van der Waals surface area contributed by atoms with Gasteiger partial charge in [-0.25, -0.2) is 9.37 Å². The van der Waals surface area contributed by atoms with E-state index in [0.717, 1.165) is 11.4 Å². The van der Waals surface area contributed by atoms with Gasteiger partial charge in [0.2, 0.25) is 0 Å². The second kappa shape index (κ2) is 6.32. The number of carboxylic acids is 1. The second-order valence-corrected chi connectivity index (χ2v) is 4.86. The van der Waals surface area contributed by atoms with Gasteiger partial charge < -0.3 is 9.67 Å². The molecule has 1 heterocycles. The lowest BCUT2D eigenvalue weighted by Gasteiger charge is -2.12. The molecule has 1 unspecified atom stereocenters. The lowest BCUT2D eigenvalue weighted by Crippen LogP contribution is -2.18. The lowest BCUT2D eigenvalue weighted by molar-refractivity contribution is -0.141. The van der Waals surface area contributed by atoms with E-state index >= 15 is 0 Å². The van der Waals surface area contributed by atoms with E-state index in [0.29, 0.717) is 19.3 Å².